The van der Waals surface area contributed by atoms with Crippen molar-refractivity contribution in [2.45, 2.75) is 51.2 Å². The third-order valence-electron chi connectivity index (χ3n) is 3.93. The fourth-order valence-corrected chi connectivity index (χ4v) is 2.67. The minimum absolute atomic E-state index is 0.0406. The van der Waals surface area contributed by atoms with Gasteiger partial charge in [0.05, 0.1) is 5.60 Å². The van der Waals surface area contributed by atoms with E-state index >= 15 is 0 Å². The number of hydrogen-bond acceptors (Lipinski definition) is 3. The summed E-state index contributed by atoms with van der Waals surface area (Å²) in [6, 6.07) is 0.348. The standard InChI is InChI=1S/C14H25N3O/c1-4-7-15-12(14(2)6-5-10-18-14)11-13-16-8-9-17(13)3/h8-9,12,15H,4-7,10-11H2,1-3H3. The van der Waals surface area contributed by atoms with Crippen LogP contribution in [0.25, 0.3) is 0 Å². The largest absolute Gasteiger partial charge is 0.374 e. The van der Waals surface area contributed by atoms with Gasteiger partial charge in [-0.05, 0) is 32.7 Å². The van der Waals surface area contributed by atoms with Crippen LogP contribution in [0.5, 0.6) is 0 Å². The van der Waals surface area contributed by atoms with Gasteiger partial charge in [0.15, 0.2) is 0 Å². The predicted octanol–water partition coefficient (Wildman–Crippen LogP) is 1.90. The van der Waals surface area contributed by atoms with Crippen LogP contribution in [0.3, 0.4) is 0 Å². The lowest BCUT2D eigenvalue weighted by Crippen LogP contribution is -2.50. The Hall–Kier alpha value is -0.870. The summed E-state index contributed by atoms with van der Waals surface area (Å²) in [4.78, 5) is 4.43. The lowest BCUT2D eigenvalue weighted by Gasteiger charge is -2.34. The Balaban J connectivity index is 2.07. The molecule has 2 heterocycles. The van der Waals surface area contributed by atoms with Gasteiger partial charge in [-0.3, -0.25) is 0 Å². The SMILES string of the molecule is CCCNC(Cc1nccn1C)C1(C)CCCO1. The van der Waals surface area contributed by atoms with E-state index in [2.05, 4.69) is 35.8 Å². The fourth-order valence-electron chi connectivity index (χ4n) is 2.67. The second-order valence-electron chi connectivity index (χ2n) is 5.43. The van der Waals surface area contributed by atoms with Crippen LogP contribution in [0.4, 0.5) is 0 Å². The van der Waals surface area contributed by atoms with Crippen molar-refractivity contribution in [3.8, 4) is 0 Å². The first-order chi connectivity index (χ1) is 8.65. The Morgan fingerprint density at radius 2 is 2.44 bits per heavy atom. The molecular formula is C14H25N3O. The van der Waals surface area contributed by atoms with Crippen molar-refractivity contribution in [3.63, 3.8) is 0 Å². The molecule has 0 aromatic carbocycles. The van der Waals surface area contributed by atoms with Crippen molar-refractivity contribution in [2.24, 2.45) is 7.05 Å². The average molecular weight is 251 g/mol. The topological polar surface area (TPSA) is 39.1 Å². The number of rotatable bonds is 6. The van der Waals surface area contributed by atoms with Crippen LogP contribution in [0.2, 0.25) is 0 Å². The maximum atomic E-state index is 5.99. The highest BCUT2D eigenvalue weighted by Crippen LogP contribution is 2.30. The maximum absolute atomic E-state index is 5.99. The summed E-state index contributed by atoms with van der Waals surface area (Å²) in [6.07, 6.45) is 8.25. The van der Waals surface area contributed by atoms with Crippen LogP contribution >= 0.6 is 0 Å². The molecule has 1 aliphatic rings. The average Bonchev–Trinajstić information content (AvgIpc) is 2.95. The van der Waals surface area contributed by atoms with Gasteiger partial charge >= 0.3 is 0 Å². The second kappa shape index (κ2) is 5.85. The van der Waals surface area contributed by atoms with Gasteiger partial charge in [0.2, 0.25) is 0 Å². The molecule has 18 heavy (non-hydrogen) atoms. The van der Waals surface area contributed by atoms with E-state index in [0.717, 1.165) is 38.2 Å². The second-order valence-corrected chi connectivity index (χ2v) is 5.43. The molecule has 2 unspecified atom stereocenters. The summed E-state index contributed by atoms with van der Waals surface area (Å²) >= 11 is 0. The first kappa shape index (κ1) is 13.6. The highest BCUT2D eigenvalue weighted by atomic mass is 16.5. The van der Waals surface area contributed by atoms with Gasteiger partial charge in [0.25, 0.3) is 0 Å². The van der Waals surface area contributed by atoms with E-state index in [1.54, 1.807) is 0 Å². The monoisotopic (exact) mass is 251 g/mol. The number of nitrogens with one attached hydrogen (secondary N) is 1. The third kappa shape index (κ3) is 2.93. The van der Waals surface area contributed by atoms with Crippen LogP contribution in [-0.4, -0.2) is 34.3 Å². The number of aromatic nitrogens is 2. The molecule has 0 bridgehead atoms. The highest BCUT2D eigenvalue weighted by molar-refractivity contribution is 5.01. The molecule has 1 aliphatic heterocycles. The van der Waals surface area contributed by atoms with E-state index in [9.17, 15) is 0 Å². The summed E-state index contributed by atoms with van der Waals surface area (Å²) in [5.41, 5.74) is -0.0406. The quantitative estimate of drug-likeness (QED) is 0.839. The molecule has 1 fully saturated rings. The van der Waals surface area contributed by atoms with Gasteiger partial charge < -0.3 is 14.6 Å². The van der Waals surface area contributed by atoms with Crippen molar-refractivity contribution in [1.29, 1.82) is 0 Å². The van der Waals surface area contributed by atoms with Gasteiger partial charge in [0.1, 0.15) is 5.82 Å². The van der Waals surface area contributed by atoms with E-state index < -0.39 is 0 Å². The predicted molar refractivity (Wildman–Crippen MR) is 72.6 cm³/mol. The molecule has 4 heteroatoms. The minimum Gasteiger partial charge on any atom is -0.374 e. The van der Waals surface area contributed by atoms with Crippen LogP contribution < -0.4 is 5.32 Å². The van der Waals surface area contributed by atoms with Gasteiger partial charge in [-0.15, -0.1) is 0 Å². The van der Waals surface area contributed by atoms with Crippen LogP contribution in [0.1, 0.15) is 38.9 Å². The molecule has 2 atom stereocenters. The fraction of sp³-hybridized carbons (Fsp3) is 0.786. The molecule has 0 amide bonds. The normalized spacial score (nSPS) is 25.5. The number of imidazole rings is 1. The molecule has 1 aromatic rings. The summed E-state index contributed by atoms with van der Waals surface area (Å²) < 4.78 is 8.08. The Labute approximate surface area is 110 Å². The number of hydrogen-bond donors (Lipinski definition) is 1. The Bertz CT molecular complexity index is 369. The van der Waals surface area contributed by atoms with Crippen molar-refractivity contribution < 1.29 is 4.74 Å². The lowest BCUT2D eigenvalue weighted by atomic mass is 9.90. The third-order valence-corrected chi connectivity index (χ3v) is 3.93. The molecule has 0 saturated carbocycles. The summed E-state index contributed by atoms with van der Waals surface area (Å²) in [7, 11) is 2.05. The summed E-state index contributed by atoms with van der Waals surface area (Å²) in [5.74, 6) is 1.13. The molecule has 1 saturated heterocycles. The van der Waals surface area contributed by atoms with E-state index in [4.69, 9.17) is 4.74 Å². The number of nitrogens with zero attached hydrogens (tertiary/aromatic N) is 2. The summed E-state index contributed by atoms with van der Waals surface area (Å²) in [5, 5.41) is 3.64. The molecular weight excluding hydrogens is 226 g/mol. The first-order valence-electron chi connectivity index (χ1n) is 6.99. The van der Waals surface area contributed by atoms with Crippen LogP contribution in [0.15, 0.2) is 12.4 Å². The molecule has 0 spiro atoms. The summed E-state index contributed by atoms with van der Waals surface area (Å²) in [6.45, 7) is 6.36. The lowest BCUT2D eigenvalue weighted by molar-refractivity contribution is -0.0120. The van der Waals surface area contributed by atoms with E-state index in [0.29, 0.717) is 6.04 Å². The van der Waals surface area contributed by atoms with Gasteiger partial charge in [-0.2, -0.15) is 0 Å². The van der Waals surface area contributed by atoms with Gasteiger partial charge in [0, 0.05) is 38.5 Å². The molecule has 4 nitrogen and oxygen atoms in total. The molecule has 1 N–H and O–H groups in total. The van der Waals surface area contributed by atoms with E-state index in [-0.39, 0.29) is 5.60 Å². The molecule has 2 rings (SSSR count). The highest BCUT2D eigenvalue weighted by Gasteiger charge is 2.38. The van der Waals surface area contributed by atoms with Crippen molar-refractivity contribution in [2.75, 3.05) is 13.2 Å². The smallest absolute Gasteiger partial charge is 0.110 e. The Kier molecular flexibility index (Phi) is 4.40. The molecule has 102 valence electrons. The van der Waals surface area contributed by atoms with Gasteiger partial charge in [-0.25, -0.2) is 4.98 Å². The zero-order chi connectivity index (χ0) is 13.0. The Morgan fingerprint density at radius 1 is 1.61 bits per heavy atom. The van der Waals surface area contributed by atoms with Gasteiger partial charge in [-0.1, -0.05) is 6.92 Å². The maximum Gasteiger partial charge on any atom is 0.110 e. The van der Waals surface area contributed by atoms with E-state index in [1.165, 1.54) is 6.42 Å². The first-order valence-corrected chi connectivity index (χ1v) is 6.99. The van der Waals surface area contributed by atoms with Crippen molar-refractivity contribution >= 4 is 0 Å². The van der Waals surface area contributed by atoms with Crippen molar-refractivity contribution in [1.82, 2.24) is 14.9 Å². The van der Waals surface area contributed by atoms with Crippen LogP contribution in [0, 0.1) is 0 Å². The van der Waals surface area contributed by atoms with Crippen molar-refractivity contribution in [3.05, 3.63) is 18.2 Å². The number of ether oxygens (including phenoxy) is 1. The van der Waals surface area contributed by atoms with Crippen LogP contribution in [-0.2, 0) is 18.2 Å². The molecule has 1 aromatic heterocycles. The zero-order valence-electron chi connectivity index (χ0n) is 11.8. The van der Waals surface area contributed by atoms with E-state index in [1.807, 2.05) is 12.4 Å². The number of aryl methyl sites for hydroxylation is 1. The molecule has 0 aliphatic carbocycles. The Morgan fingerprint density at radius 3 is 3.00 bits per heavy atom. The minimum atomic E-state index is -0.0406. The molecule has 0 radical (unpaired) electrons. The zero-order valence-corrected chi connectivity index (χ0v) is 11.8.